The van der Waals surface area contributed by atoms with Crippen LogP contribution in [0.5, 0.6) is 23.0 Å². The van der Waals surface area contributed by atoms with E-state index in [0.29, 0.717) is 5.75 Å². The second kappa shape index (κ2) is 5.37. The fourth-order valence-corrected chi connectivity index (χ4v) is 3.50. The average molecular weight is 325 g/mol. The van der Waals surface area contributed by atoms with Crippen LogP contribution in [-0.2, 0) is 13.0 Å². The minimum absolute atomic E-state index is 0.153. The van der Waals surface area contributed by atoms with E-state index < -0.39 is 0 Å². The van der Waals surface area contributed by atoms with Crippen LogP contribution in [-0.4, -0.2) is 31.0 Å². The molecular formula is C19H19NO4. The molecule has 0 amide bonds. The van der Waals surface area contributed by atoms with Crippen molar-refractivity contribution >= 4 is 10.9 Å². The molecule has 0 unspecified atom stereocenters. The highest BCUT2D eigenvalue weighted by molar-refractivity contribution is 5.91. The highest BCUT2D eigenvalue weighted by Gasteiger charge is 2.22. The first kappa shape index (κ1) is 14.8. The first-order chi connectivity index (χ1) is 11.7. The molecular weight excluding hydrogens is 306 g/mol. The van der Waals surface area contributed by atoms with Crippen molar-refractivity contribution in [1.29, 1.82) is 0 Å². The van der Waals surface area contributed by atoms with Gasteiger partial charge < -0.3 is 23.9 Å². The molecule has 2 heterocycles. The largest absolute Gasteiger partial charge is 0.504 e. The Labute approximate surface area is 140 Å². The lowest BCUT2D eigenvalue weighted by molar-refractivity contribution is 0.354. The highest BCUT2D eigenvalue weighted by Crippen LogP contribution is 2.42. The van der Waals surface area contributed by atoms with Crippen LogP contribution in [0.4, 0.5) is 0 Å². The number of fused-ring (bicyclic) bond motifs is 5. The SMILES string of the molecule is COc1cc2c(cc1O)cc1n2CCc2cc(OC)c(OC)cc2-1. The van der Waals surface area contributed by atoms with Gasteiger partial charge in [0.25, 0.3) is 0 Å². The maximum Gasteiger partial charge on any atom is 0.162 e. The predicted octanol–water partition coefficient (Wildman–Crippen LogP) is 3.60. The standard InChI is InChI=1S/C19H19NO4/c1-22-17-10-14-12(7-16(17)21)6-15-13-9-19(24-3)18(23-2)8-11(13)4-5-20(14)15/h6-10,21H,4-5H2,1-3H3. The number of rotatable bonds is 3. The molecule has 24 heavy (non-hydrogen) atoms. The Morgan fingerprint density at radius 2 is 1.58 bits per heavy atom. The second-order valence-corrected chi connectivity index (χ2v) is 5.88. The van der Waals surface area contributed by atoms with Gasteiger partial charge in [-0.05, 0) is 36.2 Å². The van der Waals surface area contributed by atoms with Crippen LogP contribution in [0.25, 0.3) is 22.2 Å². The molecule has 3 aromatic rings. The molecule has 0 saturated heterocycles. The number of aryl methyl sites for hydroxylation is 2. The molecule has 0 atom stereocenters. The monoisotopic (exact) mass is 325 g/mol. The van der Waals surface area contributed by atoms with Crippen molar-refractivity contribution in [1.82, 2.24) is 4.57 Å². The number of methoxy groups -OCH3 is 3. The molecule has 5 heteroatoms. The van der Waals surface area contributed by atoms with Crippen LogP contribution in [0.2, 0.25) is 0 Å². The van der Waals surface area contributed by atoms with E-state index in [-0.39, 0.29) is 5.75 Å². The molecule has 5 nitrogen and oxygen atoms in total. The van der Waals surface area contributed by atoms with Crippen molar-refractivity contribution in [2.24, 2.45) is 0 Å². The van der Waals surface area contributed by atoms with Gasteiger partial charge in [0.2, 0.25) is 0 Å². The lowest BCUT2D eigenvalue weighted by atomic mass is 9.97. The molecule has 0 radical (unpaired) electrons. The Bertz CT molecular complexity index is 942. The smallest absolute Gasteiger partial charge is 0.162 e. The molecule has 1 aliphatic rings. The predicted molar refractivity (Wildman–Crippen MR) is 92.4 cm³/mol. The van der Waals surface area contributed by atoms with Gasteiger partial charge in [0.15, 0.2) is 23.0 Å². The van der Waals surface area contributed by atoms with Crippen LogP contribution in [0.3, 0.4) is 0 Å². The third-order valence-electron chi connectivity index (χ3n) is 4.69. The molecule has 1 N–H and O–H groups in total. The van der Waals surface area contributed by atoms with E-state index in [4.69, 9.17) is 14.2 Å². The van der Waals surface area contributed by atoms with Crippen molar-refractivity contribution in [2.75, 3.05) is 21.3 Å². The Morgan fingerprint density at radius 3 is 2.29 bits per heavy atom. The molecule has 4 rings (SSSR count). The number of hydrogen-bond donors (Lipinski definition) is 1. The van der Waals surface area contributed by atoms with Crippen molar-refractivity contribution in [3.8, 4) is 34.3 Å². The first-order valence-electron chi connectivity index (χ1n) is 7.81. The van der Waals surface area contributed by atoms with Gasteiger partial charge in [0.1, 0.15) is 0 Å². The van der Waals surface area contributed by atoms with E-state index in [1.54, 1.807) is 27.4 Å². The molecule has 124 valence electrons. The van der Waals surface area contributed by atoms with Gasteiger partial charge in [-0.25, -0.2) is 0 Å². The summed E-state index contributed by atoms with van der Waals surface area (Å²) in [5.74, 6) is 2.11. The fourth-order valence-electron chi connectivity index (χ4n) is 3.50. The van der Waals surface area contributed by atoms with Gasteiger partial charge in [0, 0.05) is 29.3 Å². The van der Waals surface area contributed by atoms with E-state index in [1.165, 1.54) is 5.56 Å². The summed E-state index contributed by atoms with van der Waals surface area (Å²) in [5, 5.41) is 11.0. The number of aromatic nitrogens is 1. The third kappa shape index (κ3) is 2.01. The Balaban J connectivity index is 1.97. The zero-order chi connectivity index (χ0) is 16.8. The van der Waals surface area contributed by atoms with Crippen molar-refractivity contribution in [2.45, 2.75) is 13.0 Å². The molecule has 0 spiro atoms. The number of phenolic OH excluding ortho intramolecular Hbond substituents is 1. The van der Waals surface area contributed by atoms with Gasteiger partial charge in [-0.1, -0.05) is 0 Å². The van der Waals surface area contributed by atoms with Crippen LogP contribution in [0.1, 0.15) is 5.56 Å². The molecule has 0 saturated carbocycles. The molecule has 0 bridgehead atoms. The number of aromatic hydroxyl groups is 1. The lowest BCUT2D eigenvalue weighted by Gasteiger charge is -2.22. The zero-order valence-corrected chi connectivity index (χ0v) is 13.9. The summed E-state index contributed by atoms with van der Waals surface area (Å²) in [6, 6.07) is 9.81. The van der Waals surface area contributed by atoms with Crippen LogP contribution < -0.4 is 14.2 Å². The molecule has 1 aliphatic heterocycles. The first-order valence-corrected chi connectivity index (χ1v) is 7.81. The number of benzene rings is 2. The summed E-state index contributed by atoms with van der Waals surface area (Å²) in [4.78, 5) is 0. The maximum atomic E-state index is 10.0. The van der Waals surface area contributed by atoms with Gasteiger partial charge in [-0.3, -0.25) is 0 Å². The van der Waals surface area contributed by atoms with E-state index in [2.05, 4.69) is 10.6 Å². The van der Waals surface area contributed by atoms with Gasteiger partial charge >= 0.3 is 0 Å². The summed E-state index contributed by atoms with van der Waals surface area (Å²) in [6.07, 6.45) is 0.912. The summed E-state index contributed by atoms with van der Waals surface area (Å²) < 4.78 is 18.4. The Morgan fingerprint density at radius 1 is 0.875 bits per heavy atom. The maximum absolute atomic E-state index is 10.0. The number of ether oxygens (including phenoxy) is 3. The van der Waals surface area contributed by atoms with E-state index >= 15 is 0 Å². The fraction of sp³-hybridized carbons (Fsp3) is 0.263. The molecule has 2 aromatic carbocycles. The third-order valence-corrected chi connectivity index (χ3v) is 4.69. The van der Waals surface area contributed by atoms with Gasteiger partial charge in [0.05, 0.1) is 26.8 Å². The Hall–Kier alpha value is -2.82. The van der Waals surface area contributed by atoms with Crippen LogP contribution in [0, 0.1) is 0 Å². The Kier molecular flexibility index (Phi) is 3.30. The minimum atomic E-state index is 0.153. The van der Waals surface area contributed by atoms with Gasteiger partial charge in [-0.15, -0.1) is 0 Å². The van der Waals surface area contributed by atoms with Crippen molar-refractivity contribution < 1.29 is 19.3 Å². The van der Waals surface area contributed by atoms with Crippen molar-refractivity contribution in [3.63, 3.8) is 0 Å². The summed E-state index contributed by atoms with van der Waals surface area (Å²) in [5.41, 5.74) is 4.53. The normalized spacial score (nSPS) is 12.6. The zero-order valence-electron chi connectivity index (χ0n) is 13.9. The van der Waals surface area contributed by atoms with E-state index in [0.717, 1.165) is 46.6 Å². The van der Waals surface area contributed by atoms with Gasteiger partial charge in [-0.2, -0.15) is 0 Å². The lowest BCUT2D eigenvalue weighted by Crippen LogP contribution is -2.11. The summed E-state index contributed by atoms with van der Waals surface area (Å²) in [7, 11) is 4.86. The molecule has 1 aromatic heterocycles. The van der Waals surface area contributed by atoms with E-state index in [1.807, 2.05) is 18.2 Å². The molecule has 0 fully saturated rings. The van der Waals surface area contributed by atoms with Crippen molar-refractivity contribution in [3.05, 3.63) is 35.9 Å². The molecule has 0 aliphatic carbocycles. The number of hydrogen-bond acceptors (Lipinski definition) is 4. The summed E-state index contributed by atoms with van der Waals surface area (Å²) in [6.45, 7) is 0.870. The van der Waals surface area contributed by atoms with Crippen LogP contribution >= 0.6 is 0 Å². The van der Waals surface area contributed by atoms with E-state index in [9.17, 15) is 5.11 Å². The number of phenols is 1. The highest BCUT2D eigenvalue weighted by atomic mass is 16.5. The minimum Gasteiger partial charge on any atom is -0.504 e. The topological polar surface area (TPSA) is 52.9 Å². The van der Waals surface area contributed by atoms with Crippen LogP contribution in [0.15, 0.2) is 30.3 Å². The quantitative estimate of drug-likeness (QED) is 0.799. The summed E-state index contributed by atoms with van der Waals surface area (Å²) >= 11 is 0. The number of nitrogens with zero attached hydrogens (tertiary/aromatic N) is 1. The second-order valence-electron chi connectivity index (χ2n) is 5.88. The average Bonchev–Trinajstić information content (AvgIpc) is 2.97.